The maximum atomic E-state index is 12.5. The zero-order valence-electron chi connectivity index (χ0n) is 15.8. The first-order chi connectivity index (χ1) is 13.3. The van der Waals surface area contributed by atoms with Crippen LogP contribution in [0.15, 0.2) is 46.0 Å². The minimum absolute atomic E-state index is 0.258. The molecule has 0 aliphatic carbocycles. The van der Waals surface area contributed by atoms with Crippen LogP contribution >= 0.6 is 11.3 Å². The minimum Gasteiger partial charge on any atom is -0.484 e. The molecule has 0 aliphatic heterocycles. The fraction of sp³-hybridized carbons (Fsp3) is 0.333. The molecule has 0 unspecified atom stereocenters. The van der Waals surface area contributed by atoms with Gasteiger partial charge in [-0.1, -0.05) is 6.07 Å². The molecule has 152 valence electrons. The highest BCUT2D eigenvalue weighted by molar-refractivity contribution is 7.94. The van der Waals surface area contributed by atoms with Crippen LogP contribution in [0.5, 0.6) is 5.75 Å². The lowest BCUT2D eigenvalue weighted by atomic mass is 10.3. The molecule has 0 spiro atoms. The number of sulfonamides is 1. The Morgan fingerprint density at radius 3 is 2.46 bits per heavy atom. The molecule has 1 aromatic heterocycles. The number of hydrogen-bond donors (Lipinski definition) is 2. The van der Waals surface area contributed by atoms with Crippen LogP contribution in [0.2, 0.25) is 0 Å². The Balaban J connectivity index is 1.92. The summed E-state index contributed by atoms with van der Waals surface area (Å²) < 4.78 is 31.9. The normalized spacial score (nSPS) is 12.1. The Morgan fingerprint density at radius 1 is 1.21 bits per heavy atom. The van der Waals surface area contributed by atoms with Gasteiger partial charge in [0.1, 0.15) is 16.0 Å². The second-order valence-corrected chi connectivity index (χ2v) is 9.01. The van der Waals surface area contributed by atoms with E-state index in [-0.39, 0.29) is 16.7 Å². The van der Waals surface area contributed by atoms with Crippen LogP contribution in [0.1, 0.15) is 13.8 Å². The molecule has 0 saturated heterocycles. The number of ether oxygens (including phenoxy) is 1. The summed E-state index contributed by atoms with van der Waals surface area (Å²) >= 11 is 1.15. The van der Waals surface area contributed by atoms with Crippen molar-refractivity contribution in [2.75, 3.05) is 24.5 Å². The van der Waals surface area contributed by atoms with Crippen LogP contribution in [-0.2, 0) is 19.6 Å². The van der Waals surface area contributed by atoms with E-state index in [1.165, 1.54) is 11.4 Å². The highest BCUT2D eigenvalue weighted by atomic mass is 32.2. The molecule has 1 heterocycles. The molecular formula is C18H23N3O5S2. The standard InChI is InChI=1S/C18H23N3O5S2/c1-4-19-18(23)13(2)20-16(22)12-26-15-9-7-14(8-10-15)21(3)28(24,25)17-6-5-11-27-17/h5-11,13H,4,12H2,1-3H3,(H,19,23)(H,20,22)/t13-/m1/s1. The van der Waals surface area contributed by atoms with Gasteiger partial charge in [-0.25, -0.2) is 8.42 Å². The monoisotopic (exact) mass is 425 g/mol. The van der Waals surface area contributed by atoms with Crippen molar-refractivity contribution < 1.29 is 22.7 Å². The van der Waals surface area contributed by atoms with Crippen LogP contribution in [-0.4, -0.2) is 46.5 Å². The molecule has 8 nitrogen and oxygen atoms in total. The fourth-order valence-corrected chi connectivity index (χ4v) is 4.62. The number of carbonyl (C=O) groups excluding carboxylic acids is 2. The number of amides is 2. The van der Waals surface area contributed by atoms with E-state index in [4.69, 9.17) is 4.74 Å². The lowest BCUT2D eigenvalue weighted by Crippen LogP contribution is -2.46. The minimum atomic E-state index is -3.60. The molecule has 0 saturated carbocycles. The summed E-state index contributed by atoms with van der Waals surface area (Å²) in [6.07, 6.45) is 0. The number of hydrogen-bond acceptors (Lipinski definition) is 6. The van der Waals surface area contributed by atoms with Gasteiger partial charge in [-0.05, 0) is 49.6 Å². The average Bonchev–Trinajstić information content (AvgIpc) is 3.22. The molecular weight excluding hydrogens is 402 g/mol. The fourth-order valence-electron chi connectivity index (χ4n) is 2.26. The number of nitrogens with one attached hydrogen (secondary N) is 2. The van der Waals surface area contributed by atoms with Gasteiger partial charge in [-0.2, -0.15) is 0 Å². The van der Waals surface area contributed by atoms with Gasteiger partial charge in [0.2, 0.25) is 5.91 Å². The number of anilines is 1. The molecule has 1 atom stereocenters. The van der Waals surface area contributed by atoms with Gasteiger partial charge < -0.3 is 15.4 Å². The maximum Gasteiger partial charge on any atom is 0.273 e. The highest BCUT2D eigenvalue weighted by Gasteiger charge is 2.22. The third kappa shape index (κ3) is 5.46. The smallest absolute Gasteiger partial charge is 0.273 e. The molecule has 2 rings (SSSR count). The Kier molecular flexibility index (Phi) is 7.41. The Hall–Kier alpha value is -2.59. The van der Waals surface area contributed by atoms with E-state index in [1.54, 1.807) is 55.6 Å². The van der Waals surface area contributed by atoms with Crippen LogP contribution in [0.25, 0.3) is 0 Å². The zero-order valence-corrected chi connectivity index (χ0v) is 17.5. The highest BCUT2D eigenvalue weighted by Crippen LogP contribution is 2.26. The van der Waals surface area contributed by atoms with Gasteiger partial charge in [0.15, 0.2) is 6.61 Å². The van der Waals surface area contributed by atoms with E-state index in [1.807, 2.05) is 0 Å². The largest absolute Gasteiger partial charge is 0.484 e. The van der Waals surface area contributed by atoms with Crippen LogP contribution < -0.4 is 19.7 Å². The van der Waals surface area contributed by atoms with Crippen molar-refractivity contribution in [3.8, 4) is 5.75 Å². The van der Waals surface area contributed by atoms with Crippen molar-refractivity contribution in [3.05, 3.63) is 41.8 Å². The maximum absolute atomic E-state index is 12.5. The van der Waals surface area contributed by atoms with Gasteiger partial charge in [-0.3, -0.25) is 13.9 Å². The van der Waals surface area contributed by atoms with E-state index in [0.717, 1.165) is 11.3 Å². The summed E-state index contributed by atoms with van der Waals surface area (Å²) in [6, 6.07) is 8.92. The van der Waals surface area contributed by atoms with E-state index in [0.29, 0.717) is 18.0 Å². The molecule has 0 fully saturated rings. The Morgan fingerprint density at radius 2 is 1.89 bits per heavy atom. The predicted octanol–water partition coefficient (Wildman–Crippen LogP) is 1.59. The quantitative estimate of drug-likeness (QED) is 0.635. The SMILES string of the molecule is CCNC(=O)[C@@H](C)NC(=O)COc1ccc(N(C)S(=O)(=O)c2cccs2)cc1. The van der Waals surface area contributed by atoms with E-state index >= 15 is 0 Å². The molecule has 2 aromatic rings. The van der Waals surface area contributed by atoms with Gasteiger partial charge in [0.05, 0.1) is 5.69 Å². The van der Waals surface area contributed by atoms with Gasteiger partial charge in [-0.15, -0.1) is 11.3 Å². The second-order valence-electron chi connectivity index (χ2n) is 5.87. The van der Waals surface area contributed by atoms with E-state index < -0.39 is 22.0 Å². The molecule has 2 N–H and O–H groups in total. The van der Waals surface area contributed by atoms with Crippen molar-refractivity contribution in [1.82, 2.24) is 10.6 Å². The average molecular weight is 426 g/mol. The first-order valence-corrected chi connectivity index (χ1v) is 10.9. The van der Waals surface area contributed by atoms with Crippen molar-refractivity contribution in [2.45, 2.75) is 24.1 Å². The lowest BCUT2D eigenvalue weighted by molar-refractivity contribution is -0.129. The number of rotatable bonds is 9. The first-order valence-electron chi connectivity index (χ1n) is 8.58. The number of benzene rings is 1. The van der Waals surface area contributed by atoms with Crippen molar-refractivity contribution in [1.29, 1.82) is 0 Å². The van der Waals surface area contributed by atoms with Crippen molar-refractivity contribution in [2.24, 2.45) is 0 Å². The van der Waals surface area contributed by atoms with Gasteiger partial charge in [0, 0.05) is 13.6 Å². The molecule has 1 aromatic carbocycles. The van der Waals surface area contributed by atoms with Gasteiger partial charge >= 0.3 is 0 Å². The summed E-state index contributed by atoms with van der Waals surface area (Å²) in [6.45, 7) is 3.61. The van der Waals surface area contributed by atoms with Gasteiger partial charge in [0.25, 0.3) is 15.9 Å². The first kappa shape index (κ1) is 21.7. The summed E-state index contributed by atoms with van der Waals surface area (Å²) in [4.78, 5) is 23.5. The van der Waals surface area contributed by atoms with Crippen LogP contribution in [0.4, 0.5) is 5.69 Å². The van der Waals surface area contributed by atoms with Crippen LogP contribution in [0.3, 0.4) is 0 Å². The van der Waals surface area contributed by atoms with Crippen molar-refractivity contribution >= 4 is 38.9 Å². The molecule has 10 heteroatoms. The molecule has 0 aliphatic rings. The summed E-state index contributed by atoms with van der Waals surface area (Å²) in [5.41, 5.74) is 0.468. The van der Waals surface area contributed by atoms with E-state index in [9.17, 15) is 18.0 Å². The third-order valence-corrected chi connectivity index (χ3v) is 6.96. The summed E-state index contributed by atoms with van der Waals surface area (Å²) in [5.74, 6) is -0.290. The van der Waals surface area contributed by atoms with Crippen LogP contribution in [0, 0.1) is 0 Å². The molecule has 28 heavy (non-hydrogen) atoms. The predicted molar refractivity (Wildman–Crippen MR) is 108 cm³/mol. The molecule has 0 bridgehead atoms. The number of nitrogens with zero attached hydrogens (tertiary/aromatic N) is 1. The number of thiophene rings is 1. The topological polar surface area (TPSA) is 105 Å². The second kappa shape index (κ2) is 9.56. The van der Waals surface area contributed by atoms with E-state index in [2.05, 4.69) is 10.6 Å². The molecule has 0 radical (unpaired) electrons. The summed E-state index contributed by atoms with van der Waals surface area (Å²) in [7, 11) is -2.13. The lowest BCUT2D eigenvalue weighted by Gasteiger charge is -2.19. The Labute approximate surface area is 168 Å². The zero-order chi connectivity index (χ0) is 20.7. The van der Waals surface area contributed by atoms with Crippen molar-refractivity contribution in [3.63, 3.8) is 0 Å². The Bertz CT molecular complexity index is 896. The third-order valence-electron chi connectivity index (χ3n) is 3.80. The molecule has 2 amide bonds. The number of likely N-dealkylation sites (N-methyl/N-ethyl adjacent to an activating group) is 1. The number of carbonyl (C=O) groups is 2. The summed E-state index contributed by atoms with van der Waals surface area (Å²) in [5, 5.41) is 6.86.